The summed E-state index contributed by atoms with van der Waals surface area (Å²) < 4.78 is 21.7. The van der Waals surface area contributed by atoms with E-state index in [9.17, 15) is 0 Å². The highest BCUT2D eigenvalue weighted by molar-refractivity contribution is 5.65. The number of ether oxygens (including phenoxy) is 3. The Bertz CT molecular complexity index is 924. The molecule has 12 nitrogen and oxygen atoms in total. The molecule has 172 valence electrons. The summed E-state index contributed by atoms with van der Waals surface area (Å²) in [6.07, 6.45) is 3.74. The van der Waals surface area contributed by atoms with Crippen molar-refractivity contribution in [1.29, 1.82) is 0 Å². The van der Waals surface area contributed by atoms with Gasteiger partial charge in [-0.05, 0) is 18.0 Å². The Balaban J connectivity index is 1.27. The lowest BCUT2D eigenvalue weighted by atomic mass is 10.1. The predicted octanol–water partition coefficient (Wildman–Crippen LogP) is 0.311. The molecule has 2 saturated heterocycles. The van der Waals surface area contributed by atoms with Crippen LogP contribution in [0.1, 0.15) is 17.8 Å². The SMILES string of the molecule is C1=C(NNc2cc(N3CCOCC3)nc(OCCN3CCOCC3)n2)c2nonc2CC1. The monoisotopic (exact) mass is 444 g/mol. The van der Waals surface area contributed by atoms with Crippen molar-refractivity contribution >= 4 is 17.3 Å². The van der Waals surface area contributed by atoms with Crippen LogP contribution in [-0.4, -0.2) is 90.9 Å². The zero-order valence-corrected chi connectivity index (χ0v) is 18.0. The van der Waals surface area contributed by atoms with E-state index in [-0.39, 0.29) is 0 Å². The van der Waals surface area contributed by atoms with Gasteiger partial charge in [-0.15, -0.1) is 0 Å². The van der Waals surface area contributed by atoms with Gasteiger partial charge in [0.05, 0.1) is 32.1 Å². The molecular weight excluding hydrogens is 416 g/mol. The van der Waals surface area contributed by atoms with Crippen LogP contribution < -0.4 is 20.5 Å². The van der Waals surface area contributed by atoms with Crippen LogP contribution in [0.15, 0.2) is 16.8 Å². The van der Waals surface area contributed by atoms with Gasteiger partial charge in [-0.1, -0.05) is 11.2 Å². The third-order valence-corrected chi connectivity index (χ3v) is 5.64. The molecule has 4 heterocycles. The molecule has 32 heavy (non-hydrogen) atoms. The van der Waals surface area contributed by atoms with Crippen LogP contribution in [0.2, 0.25) is 0 Å². The zero-order valence-electron chi connectivity index (χ0n) is 18.0. The fraction of sp³-hybridized carbons (Fsp3) is 0.600. The summed E-state index contributed by atoms with van der Waals surface area (Å²) in [5.74, 6) is 1.41. The summed E-state index contributed by atoms with van der Waals surface area (Å²) in [5, 5.41) is 7.95. The molecule has 12 heteroatoms. The van der Waals surface area contributed by atoms with Gasteiger partial charge < -0.3 is 19.1 Å². The summed E-state index contributed by atoms with van der Waals surface area (Å²) in [7, 11) is 0. The largest absolute Gasteiger partial charge is 0.462 e. The molecule has 2 fully saturated rings. The van der Waals surface area contributed by atoms with E-state index in [0.717, 1.165) is 76.0 Å². The molecular formula is C20H28N8O4. The molecule has 0 radical (unpaired) electrons. The summed E-state index contributed by atoms with van der Waals surface area (Å²) >= 11 is 0. The molecule has 2 N–H and O–H groups in total. The van der Waals surface area contributed by atoms with Gasteiger partial charge in [0.15, 0.2) is 11.5 Å². The predicted molar refractivity (Wildman–Crippen MR) is 115 cm³/mol. The second kappa shape index (κ2) is 10.1. The van der Waals surface area contributed by atoms with Gasteiger partial charge in [0.1, 0.15) is 18.1 Å². The van der Waals surface area contributed by atoms with Gasteiger partial charge in [0.25, 0.3) is 0 Å². The van der Waals surface area contributed by atoms with E-state index in [4.69, 9.17) is 18.8 Å². The highest BCUT2D eigenvalue weighted by atomic mass is 16.6. The van der Waals surface area contributed by atoms with Crippen molar-refractivity contribution < 1.29 is 18.8 Å². The number of fused-ring (bicyclic) bond motifs is 1. The molecule has 1 aliphatic carbocycles. The number of hydrazine groups is 1. The third-order valence-electron chi connectivity index (χ3n) is 5.64. The highest BCUT2D eigenvalue weighted by Crippen LogP contribution is 2.23. The first-order chi connectivity index (χ1) is 15.8. The van der Waals surface area contributed by atoms with Crippen molar-refractivity contribution in [3.63, 3.8) is 0 Å². The fourth-order valence-electron chi connectivity index (χ4n) is 3.85. The van der Waals surface area contributed by atoms with Crippen LogP contribution in [0.4, 0.5) is 11.6 Å². The quantitative estimate of drug-likeness (QED) is 0.545. The minimum atomic E-state index is 0.341. The van der Waals surface area contributed by atoms with Crippen molar-refractivity contribution in [2.45, 2.75) is 12.8 Å². The van der Waals surface area contributed by atoms with Gasteiger partial charge in [-0.3, -0.25) is 15.8 Å². The average Bonchev–Trinajstić information content (AvgIpc) is 3.34. The number of nitrogens with zero attached hydrogens (tertiary/aromatic N) is 6. The number of anilines is 2. The molecule has 0 spiro atoms. The molecule has 2 aliphatic heterocycles. The van der Waals surface area contributed by atoms with Crippen LogP contribution in [0.5, 0.6) is 6.01 Å². The summed E-state index contributed by atoms with van der Waals surface area (Å²) in [6.45, 7) is 7.59. The average molecular weight is 444 g/mol. The third kappa shape index (κ3) is 5.09. The minimum Gasteiger partial charge on any atom is -0.462 e. The zero-order chi connectivity index (χ0) is 21.6. The summed E-state index contributed by atoms with van der Waals surface area (Å²) in [6, 6.07) is 2.24. The lowest BCUT2D eigenvalue weighted by molar-refractivity contribution is 0.0317. The Kier molecular flexibility index (Phi) is 6.61. The van der Waals surface area contributed by atoms with Gasteiger partial charge in [0.2, 0.25) is 0 Å². The number of nitrogens with one attached hydrogen (secondary N) is 2. The maximum absolute atomic E-state index is 5.93. The van der Waals surface area contributed by atoms with Gasteiger partial charge in [-0.25, -0.2) is 4.63 Å². The van der Waals surface area contributed by atoms with E-state index in [1.54, 1.807) is 0 Å². The highest BCUT2D eigenvalue weighted by Gasteiger charge is 2.20. The molecule has 2 aromatic rings. The van der Waals surface area contributed by atoms with Gasteiger partial charge >= 0.3 is 6.01 Å². The molecule has 3 aliphatic rings. The second-order valence-corrected chi connectivity index (χ2v) is 7.76. The summed E-state index contributed by atoms with van der Waals surface area (Å²) in [4.78, 5) is 13.7. The number of aryl methyl sites for hydroxylation is 1. The Morgan fingerprint density at radius 1 is 0.969 bits per heavy atom. The van der Waals surface area contributed by atoms with Crippen molar-refractivity contribution in [1.82, 2.24) is 30.6 Å². The minimum absolute atomic E-state index is 0.341. The number of allylic oxidation sites excluding steroid dienone is 1. The first-order valence-corrected chi connectivity index (χ1v) is 11.0. The van der Waals surface area contributed by atoms with Crippen LogP contribution in [0.25, 0.3) is 5.70 Å². The van der Waals surface area contributed by atoms with Crippen LogP contribution >= 0.6 is 0 Å². The van der Waals surface area contributed by atoms with Crippen molar-refractivity contribution in [2.24, 2.45) is 0 Å². The van der Waals surface area contributed by atoms with Gasteiger partial charge in [0, 0.05) is 38.8 Å². The molecule has 0 saturated carbocycles. The first-order valence-electron chi connectivity index (χ1n) is 11.0. The van der Waals surface area contributed by atoms with E-state index in [1.807, 2.05) is 6.07 Å². The molecule has 0 unspecified atom stereocenters. The lowest BCUT2D eigenvalue weighted by Crippen LogP contribution is -2.39. The number of morpholine rings is 2. The smallest absolute Gasteiger partial charge is 0.320 e. The van der Waals surface area contributed by atoms with E-state index in [0.29, 0.717) is 37.3 Å². The molecule has 5 rings (SSSR count). The topological polar surface area (TPSA) is 123 Å². The van der Waals surface area contributed by atoms with Crippen LogP contribution in [-0.2, 0) is 15.9 Å². The van der Waals surface area contributed by atoms with Crippen LogP contribution in [0.3, 0.4) is 0 Å². The Hall–Kier alpha value is -2.96. The number of rotatable bonds is 8. The molecule has 0 amide bonds. The Morgan fingerprint density at radius 3 is 2.62 bits per heavy atom. The summed E-state index contributed by atoms with van der Waals surface area (Å²) in [5.41, 5.74) is 8.72. The van der Waals surface area contributed by atoms with E-state index >= 15 is 0 Å². The standard InChI is InChI=1S/C20H28N8O4/c1-2-15(19-16(3-1)25-32-26-19)23-24-17-14-18(28-7-11-30-12-8-28)22-20(21-17)31-13-6-27-4-9-29-10-5-27/h2,14,23H,1,3-13H2,(H,21,22,24). The molecule has 0 aromatic carbocycles. The Morgan fingerprint density at radius 2 is 1.78 bits per heavy atom. The number of hydrogen-bond donors (Lipinski definition) is 2. The maximum atomic E-state index is 5.93. The molecule has 2 aromatic heterocycles. The van der Waals surface area contributed by atoms with E-state index in [1.165, 1.54) is 0 Å². The number of hydrogen-bond acceptors (Lipinski definition) is 12. The van der Waals surface area contributed by atoms with Gasteiger partial charge in [-0.2, -0.15) is 9.97 Å². The van der Waals surface area contributed by atoms with E-state index < -0.39 is 0 Å². The van der Waals surface area contributed by atoms with Crippen molar-refractivity contribution in [3.05, 3.63) is 23.5 Å². The molecule has 0 bridgehead atoms. The van der Waals surface area contributed by atoms with Crippen molar-refractivity contribution in [3.8, 4) is 6.01 Å². The van der Waals surface area contributed by atoms with Crippen LogP contribution in [0, 0.1) is 0 Å². The first kappa shape index (κ1) is 20.9. The second-order valence-electron chi connectivity index (χ2n) is 7.76. The van der Waals surface area contributed by atoms with Crippen molar-refractivity contribution in [2.75, 3.05) is 76.1 Å². The Labute approximate surface area is 185 Å². The lowest BCUT2D eigenvalue weighted by Gasteiger charge is -2.28. The number of aromatic nitrogens is 4. The van der Waals surface area contributed by atoms with E-state index in [2.05, 4.69) is 47.0 Å². The fourth-order valence-corrected chi connectivity index (χ4v) is 3.85. The normalized spacial score (nSPS) is 19.2. The molecule has 0 atom stereocenters. The maximum Gasteiger partial charge on any atom is 0.320 e.